The van der Waals surface area contributed by atoms with Gasteiger partial charge in [-0.25, -0.2) is 0 Å². The molecule has 0 aromatic heterocycles. The molecule has 19 heavy (non-hydrogen) atoms. The van der Waals surface area contributed by atoms with Gasteiger partial charge in [-0.05, 0) is 13.0 Å². The smallest absolute Gasteiger partial charge is 0.264 e. The fraction of sp³-hybridized carbons (Fsp3) is 1.00. The average molecular weight is 299 g/mol. The molecular formula is C10H21NO7S. The molecule has 1 rings (SSSR count). The number of aliphatic hydroxyl groups excluding tert-OH is 2. The summed E-state index contributed by atoms with van der Waals surface area (Å²) in [6, 6.07) is 0. The van der Waals surface area contributed by atoms with Crippen molar-refractivity contribution >= 4 is 10.1 Å². The van der Waals surface area contributed by atoms with Crippen LogP contribution in [0.1, 0.15) is 12.8 Å². The molecule has 0 saturated carbocycles. The highest BCUT2D eigenvalue weighted by Crippen LogP contribution is 2.20. The molecule has 0 aromatic rings. The first-order valence-electron chi connectivity index (χ1n) is 6.03. The molecule has 0 radical (unpaired) electrons. The Balaban J connectivity index is 2.23. The average Bonchev–Trinajstić information content (AvgIpc) is 2.31. The Morgan fingerprint density at radius 1 is 1.42 bits per heavy atom. The van der Waals surface area contributed by atoms with Crippen molar-refractivity contribution < 1.29 is 32.7 Å². The molecule has 1 fully saturated rings. The highest BCUT2D eigenvalue weighted by Gasteiger charge is 2.36. The zero-order valence-corrected chi connectivity index (χ0v) is 11.5. The van der Waals surface area contributed by atoms with E-state index < -0.39 is 28.6 Å². The van der Waals surface area contributed by atoms with Crippen LogP contribution in [0, 0.1) is 0 Å². The normalized spacial score (nSPS) is 32.4. The third-order valence-electron chi connectivity index (χ3n) is 2.86. The minimum absolute atomic E-state index is 0.270. The van der Waals surface area contributed by atoms with Gasteiger partial charge in [0.25, 0.3) is 10.1 Å². The third-order valence-corrected chi connectivity index (χ3v) is 3.67. The zero-order chi connectivity index (χ0) is 14.5. The van der Waals surface area contributed by atoms with Crippen molar-refractivity contribution in [1.29, 1.82) is 0 Å². The second kappa shape index (κ2) is 7.48. The lowest BCUT2D eigenvalue weighted by atomic mass is 10.0. The minimum Gasteiger partial charge on any atom is -0.390 e. The van der Waals surface area contributed by atoms with Gasteiger partial charge in [-0.3, -0.25) is 4.55 Å². The summed E-state index contributed by atoms with van der Waals surface area (Å²) in [5.41, 5.74) is 0. The Labute approximate surface area is 112 Å². The van der Waals surface area contributed by atoms with E-state index in [9.17, 15) is 18.6 Å². The number of ether oxygens (including phenoxy) is 2. The Morgan fingerprint density at radius 3 is 2.68 bits per heavy atom. The molecule has 1 heterocycles. The molecule has 8 nitrogen and oxygen atoms in total. The van der Waals surface area contributed by atoms with Gasteiger partial charge in [0, 0.05) is 20.1 Å². The largest absolute Gasteiger partial charge is 0.390 e. The number of nitrogens with one attached hydrogen (secondary N) is 1. The standard InChI is InChI=1S/C10H21NO7S/c1-17-10-9(13)8(12)5-7(18-10)6-11-3-2-4-19(14,15)16/h7-13H,2-6H2,1H3,(H,14,15,16)/t7-,8-,9+,10-/m0/s1. The number of rotatable bonds is 7. The second-order valence-corrected chi connectivity index (χ2v) is 6.07. The van der Waals surface area contributed by atoms with Crippen LogP contribution in [0.15, 0.2) is 0 Å². The van der Waals surface area contributed by atoms with E-state index >= 15 is 0 Å². The van der Waals surface area contributed by atoms with Gasteiger partial charge in [-0.1, -0.05) is 0 Å². The van der Waals surface area contributed by atoms with Crippen molar-refractivity contribution in [2.45, 2.75) is 37.4 Å². The maximum Gasteiger partial charge on any atom is 0.264 e. The Morgan fingerprint density at radius 2 is 2.11 bits per heavy atom. The van der Waals surface area contributed by atoms with Crippen LogP contribution in [-0.4, -0.2) is 73.7 Å². The number of hydrogen-bond acceptors (Lipinski definition) is 7. The summed E-state index contributed by atoms with van der Waals surface area (Å²) < 4.78 is 39.8. The first-order valence-corrected chi connectivity index (χ1v) is 7.64. The molecule has 4 atom stereocenters. The topological polar surface area (TPSA) is 125 Å². The van der Waals surface area contributed by atoms with E-state index in [1.54, 1.807) is 0 Å². The van der Waals surface area contributed by atoms with Crippen LogP contribution >= 0.6 is 0 Å². The Kier molecular flexibility index (Phi) is 6.60. The zero-order valence-electron chi connectivity index (χ0n) is 10.7. The minimum atomic E-state index is -3.92. The number of methoxy groups -OCH3 is 1. The summed E-state index contributed by atoms with van der Waals surface area (Å²) in [7, 11) is -2.55. The van der Waals surface area contributed by atoms with Crippen molar-refractivity contribution in [2.75, 3.05) is 26.0 Å². The third kappa shape index (κ3) is 6.13. The highest BCUT2D eigenvalue weighted by atomic mass is 32.2. The second-order valence-electron chi connectivity index (χ2n) is 4.50. The summed E-state index contributed by atoms with van der Waals surface area (Å²) in [6.07, 6.45) is -2.62. The van der Waals surface area contributed by atoms with Crippen molar-refractivity contribution in [3.05, 3.63) is 0 Å². The van der Waals surface area contributed by atoms with Gasteiger partial charge in [0.15, 0.2) is 6.29 Å². The molecule has 1 saturated heterocycles. The van der Waals surface area contributed by atoms with Crippen LogP contribution in [-0.2, 0) is 19.6 Å². The first-order chi connectivity index (χ1) is 8.83. The molecule has 0 aromatic carbocycles. The number of hydrogen-bond donors (Lipinski definition) is 4. The van der Waals surface area contributed by atoms with Gasteiger partial charge in [-0.15, -0.1) is 0 Å². The predicted molar refractivity (Wildman–Crippen MR) is 66.2 cm³/mol. The van der Waals surface area contributed by atoms with Crippen molar-refractivity contribution in [1.82, 2.24) is 5.32 Å². The van der Waals surface area contributed by atoms with Crippen LogP contribution in [0.25, 0.3) is 0 Å². The Hall–Kier alpha value is -0.290. The molecule has 0 bridgehead atoms. The fourth-order valence-electron chi connectivity index (χ4n) is 1.88. The van der Waals surface area contributed by atoms with Gasteiger partial charge < -0.3 is 25.0 Å². The van der Waals surface area contributed by atoms with Crippen LogP contribution < -0.4 is 5.32 Å². The van der Waals surface area contributed by atoms with E-state index in [1.807, 2.05) is 0 Å². The molecule has 0 amide bonds. The van der Waals surface area contributed by atoms with E-state index in [4.69, 9.17) is 14.0 Å². The highest BCUT2D eigenvalue weighted by molar-refractivity contribution is 7.85. The summed E-state index contributed by atoms with van der Waals surface area (Å²) in [5, 5.41) is 22.1. The van der Waals surface area contributed by atoms with Gasteiger partial charge >= 0.3 is 0 Å². The molecular weight excluding hydrogens is 278 g/mol. The SMILES string of the molecule is CO[C@H]1O[C@H](CNCCCS(=O)(=O)O)C[C@H](O)[C@H]1O. The van der Waals surface area contributed by atoms with Gasteiger partial charge in [0.2, 0.25) is 0 Å². The lowest BCUT2D eigenvalue weighted by molar-refractivity contribution is -0.256. The predicted octanol–water partition coefficient (Wildman–Crippen LogP) is -1.66. The van der Waals surface area contributed by atoms with Crippen LogP contribution in [0.2, 0.25) is 0 Å². The number of aliphatic hydroxyl groups is 2. The molecule has 1 aliphatic heterocycles. The van der Waals surface area contributed by atoms with Gasteiger partial charge in [0.05, 0.1) is 18.0 Å². The van der Waals surface area contributed by atoms with E-state index in [1.165, 1.54) is 7.11 Å². The van der Waals surface area contributed by atoms with Gasteiger partial charge in [0.1, 0.15) is 6.10 Å². The van der Waals surface area contributed by atoms with Crippen LogP contribution in [0.5, 0.6) is 0 Å². The summed E-state index contributed by atoms with van der Waals surface area (Å²) >= 11 is 0. The molecule has 1 aliphatic rings. The molecule has 0 aliphatic carbocycles. The lowest BCUT2D eigenvalue weighted by Crippen LogP contribution is -2.51. The molecule has 9 heteroatoms. The molecule has 0 spiro atoms. The summed E-state index contributed by atoms with van der Waals surface area (Å²) in [6.45, 7) is 0.797. The van der Waals surface area contributed by atoms with E-state index in [0.717, 1.165) is 0 Å². The van der Waals surface area contributed by atoms with E-state index in [-0.39, 0.29) is 24.7 Å². The monoisotopic (exact) mass is 299 g/mol. The quantitative estimate of drug-likeness (QED) is 0.325. The fourth-order valence-corrected chi connectivity index (χ4v) is 2.39. The summed E-state index contributed by atoms with van der Waals surface area (Å²) in [4.78, 5) is 0. The van der Waals surface area contributed by atoms with Crippen LogP contribution in [0.3, 0.4) is 0 Å². The van der Waals surface area contributed by atoms with Crippen molar-refractivity contribution in [3.8, 4) is 0 Å². The maximum atomic E-state index is 10.5. The van der Waals surface area contributed by atoms with Gasteiger partial charge in [-0.2, -0.15) is 8.42 Å². The molecule has 4 N–H and O–H groups in total. The summed E-state index contributed by atoms with van der Waals surface area (Å²) in [5.74, 6) is -0.298. The van der Waals surface area contributed by atoms with E-state index in [0.29, 0.717) is 13.1 Å². The Bertz CT molecular complexity index is 361. The molecule has 0 unspecified atom stereocenters. The van der Waals surface area contributed by atoms with Crippen molar-refractivity contribution in [2.24, 2.45) is 0 Å². The van der Waals surface area contributed by atoms with E-state index in [2.05, 4.69) is 5.32 Å². The maximum absolute atomic E-state index is 10.5. The van der Waals surface area contributed by atoms with Crippen LogP contribution in [0.4, 0.5) is 0 Å². The van der Waals surface area contributed by atoms with Crippen molar-refractivity contribution in [3.63, 3.8) is 0 Å². The molecule has 114 valence electrons. The first kappa shape index (κ1) is 16.8. The lowest BCUT2D eigenvalue weighted by Gasteiger charge is -2.36.